The maximum Gasteiger partial charge on any atom is 0.255 e. The number of carbonyl (C=O) groups is 1. The SMILES string of the molecule is Cc1nc(COc2ccccc2C(=O)NCCOc2ccc(Cl)cc2)no1. The summed E-state index contributed by atoms with van der Waals surface area (Å²) in [5.74, 6) is 1.75. The lowest BCUT2D eigenvalue weighted by Gasteiger charge is -2.11. The molecule has 0 fully saturated rings. The molecule has 0 spiro atoms. The lowest BCUT2D eigenvalue weighted by atomic mass is 10.2. The second-order valence-electron chi connectivity index (χ2n) is 5.57. The summed E-state index contributed by atoms with van der Waals surface area (Å²) in [6.45, 7) is 2.49. The molecule has 140 valence electrons. The van der Waals surface area contributed by atoms with Gasteiger partial charge in [-0.3, -0.25) is 4.79 Å². The van der Waals surface area contributed by atoms with Gasteiger partial charge in [0.25, 0.3) is 5.91 Å². The van der Waals surface area contributed by atoms with Gasteiger partial charge in [-0.25, -0.2) is 0 Å². The van der Waals surface area contributed by atoms with E-state index in [1.807, 2.05) is 0 Å². The zero-order valence-corrected chi connectivity index (χ0v) is 15.4. The number of amides is 1. The summed E-state index contributed by atoms with van der Waals surface area (Å²) in [4.78, 5) is 16.5. The van der Waals surface area contributed by atoms with Crippen molar-refractivity contribution in [3.8, 4) is 11.5 Å². The molecule has 7 nitrogen and oxygen atoms in total. The predicted molar refractivity (Wildman–Crippen MR) is 99.1 cm³/mol. The molecule has 1 aromatic heterocycles. The minimum atomic E-state index is -0.255. The molecule has 0 saturated carbocycles. The second kappa shape index (κ2) is 9.05. The molecule has 8 heteroatoms. The third-order valence-electron chi connectivity index (χ3n) is 3.53. The van der Waals surface area contributed by atoms with Crippen LogP contribution in [0, 0.1) is 6.92 Å². The van der Waals surface area contributed by atoms with Crippen molar-refractivity contribution < 1.29 is 18.8 Å². The van der Waals surface area contributed by atoms with Gasteiger partial charge in [0, 0.05) is 11.9 Å². The first-order valence-corrected chi connectivity index (χ1v) is 8.67. The van der Waals surface area contributed by atoms with Crippen molar-refractivity contribution in [2.24, 2.45) is 0 Å². The fourth-order valence-corrected chi connectivity index (χ4v) is 2.41. The van der Waals surface area contributed by atoms with Crippen molar-refractivity contribution in [3.63, 3.8) is 0 Å². The van der Waals surface area contributed by atoms with Crippen LogP contribution in [0.2, 0.25) is 5.02 Å². The Morgan fingerprint density at radius 2 is 1.93 bits per heavy atom. The van der Waals surface area contributed by atoms with E-state index < -0.39 is 0 Å². The number of carbonyl (C=O) groups excluding carboxylic acids is 1. The zero-order valence-electron chi connectivity index (χ0n) is 14.6. The third-order valence-corrected chi connectivity index (χ3v) is 3.78. The van der Waals surface area contributed by atoms with Crippen molar-refractivity contribution in [2.45, 2.75) is 13.5 Å². The highest BCUT2D eigenvalue weighted by Crippen LogP contribution is 2.19. The molecule has 0 unspecified atom stereocenters. The number of hydrogen-bond acceptors (Lipinski definition) is 6. The van der Waals surface area contributed by atoms with Crippen LogP contribution in [0.25, 0.3) is 0 Å². The standard InChI is InChI=1S/C19H18ClN3O4/c1-13-22-18(23-27-13)12-26-17-5-3-2-4-16(17)19(24)21-10-11-25-15-8-6-14(20)7-9-15/h2-9H,10-12H2,1H3,(H,21,24). The normalized spacial score (nSPS) is 10.4. The molecule has 0 aliphatic heterocycles. The predicted octanol–water partition coefficient (Wildman–Crippen LogP) is 3.42. The highest BCUT2D eigenvalue weighted by Gasteiger charge is 2.13. The summed E-state index contributed by atoms with van der Waals surface area (Å²) < 4.78 is 16.1. The molecule has 0 aliphatic rings. The number of ether oxygens (including phenoxy) is 2. The molecule has 0 radical (unpaired) electrons. The fourth-order valence-electron chi connectivity index (χ4n) is 2.28. The van der Waals surface area contributed by atoms with Crippen LogP contribution in [0.5, 0.6) is 11.5 Å². The van der Waals surface area contributed by atoms with Crippen molar-refractivity contribution in [1.82, 2.24) is 15.5 Å². The monoisotopic (exact) mass is 387 g/mol. The highest BCUT2D eigenvalue weighted by molar-refractivity contribution is 6.30. The molecule has 0 atom stereocenters. The molecule has 27 heavy (non-hydrogen) atoms. The number of aromatic nitrogens is 2. The van der Waals surface area contributed by atoms with Gasteiger partial charge in [-0.05, 0) is 36.4 Å². The molecule has 0 bridgehead atoms. The van der Waals surface area contributed by atoms with Crippen LogP contribution in [0.1, 0.15) is 22.1 Å². The zero-order chi connectivity index (χ0) is 19.1. The molecular formula is C19H18ClN3O4. The Hall–Kier alpha value is -3.06. The molecule has 2 aromatic carbocycles. The van der Waals surface area contributed by atoms with Crippen molar-refractivity contribution in [2.75, 3.05) is 13.2 Å². The van der Waals surface area contributed by atoms with Crippen LogP contribution in [0.15, 0.2) is 53.1 Å². The quantitative estimate of drug-likeness (QED) is 0.596. The minimum absolute atomic E-state index is 0.112. The summed E-state index contributed by atoms with van der Waals surface area (Å²) in [7, 11) is 0. The Balaban J connectivity index is 1.51. The lowest BCUT2D eigenvalue weighted by molar-refractivity contribution is 0.0942. The maximum atomic E-state index is 12.4. The largest absolute Gasteiger partial charge is 0.492 e. The number of nitrogens with one attached hydrogen (secondary N) is 1. The first-order valence-electron chi connectivity index (χ1n) is 8.29. The van der Waals surface area contributed by atoms with E-state index in [1.54, 1.807) is 55.5 Å². The maximum absolute atomic E-state index is 12.4. The molecule has 1 N–H and O–H groups in total. The second-order valence-corrected chi connectivity index (χ2v) is 6.01. The van der Waals surface area contributed by atoms with Gasteiger partial charge in [0.1, 0.15) is 18.1 Å². The van der Waals surface area contributed by atoms with Gasteiger partial charge in [-0.15, -0.1) is 0 Å². The van der Waals surface area contributed by atoms with E-state index in [1.165, 1.54) is 0 Å². The van der Waals surface area contributed by atoms with Gasteiger partial charge < -0.3 is 19.3 Å². The van der Waals surface area contributed by atoms with Gasteiger partial charge in [0.05, 0.1) is 12.1 Å². The van der Waals surface area contributed by atoms with E-state index in [4.69, 9.17) is 25.6 Å². The topological polar surface area (TPSA) is 86.5 Å². The summed E-state index contributed by atoms with van der Waals surface area (Å²) in [6, 6.07) is 14.0. The number of halogens is 1. The Morgan fingerprint density at radius 3 is 2.67 bits per heavy atom. The van der Waals surface area contributed by atoms with E-state index in [-0.39, 0.29) is 12.5 Å². The van der Waals surface area contributed by atoms with Crippen LogP contribution in [0.4, 0.5) is 0 Å². The van der Waals surface area contributed by atoms with Crippen LogP contribution < -0.4 is 14.8 Å². The Labute approximate surface area is 161 Å². The Morgan fingerprint density at radius 1 is 1.15 bits per heavy atom. The Kier molecular flexibility index (Phi) is 6.27. The molecule has 1 amide bonds. The van der Waals surface area contributed by atoms with Gasteiger partial charge in [-0.2, -0.15) is 4.98 Å². The van der Waals surface area contributed by atoms with Crippen molar-refractivity contribution >= 4 is 17.5 Å². The summed E-state index contributed by atoms with van der Waals surface area (Å²) in [6.07, 6.45) is 0. The molecule has 0 aliphatic carbocycles. The van der Waals surface area contributed by atoms with Gasteiger partial charge in [-0.1, -0.05) is 28.9 Å². The van der Waals surface area contributed by atoms with E-state index in [9.17, 15) is 4.79 Å². The Bertz CT molecular complexity index is 896. The lowest BCUT2D eigenvalue weighted by Crippen LogP contribution is -2.28. The van der Waals surface area contributed by atoms with E-state index in [0.29, 0.717) is 47.0 Å². The van der Waals surface area contributed by atoms with Crippen LogP contribution in [-0.2, 0) is 6.61 Å². The van der Waals surface area contributed by atoms with E-state index >= 15 is 0 Å². The van der Waals surface area contributed by atoms with Gasteiger partial charge >= 0.3 is 0 Å². The molecule has 3 rings (SSSR count). The number of benzene rings is 2. The summed E-state index contributed by atoms with van der Waals surface area (Å²) in [5, 5.41) is 7.21. The first-order chi connectivity index (χ1) is 13.1. The number of para-hydroxylation sites is 1. The number of nitrogens with zero attached hydrogens (tertiary/aromatic N) is 2. The van der Waals surface area contributed by atoms with Crippen LogP contribution in [-0.4, -0.2) is 29.2 Å². The third kappa shape index (κ3) is 5.46. The molecule has 3 aromatic rings. The number of hydrogen-bond donors (Lipinski definition) is 1. The van der Waals surface area contributed by atoms with E-state index in [2.05, 4.69) is 15.5 Å². The highest BCUT2D eigenvalue weighted by atomic mass is 35.5. The molecule has 1 heterocycles. The van der Waals surface area contributed by atoms with Crippen LogP contribution >= 0.6 is 11.6 Å². The molecular weight excluding hydrogens is 370 g/mol. The summed E-state index contributed by atoms with van der Waals surface area (Å²) >= 11 is 5.83. The van der Waals surface area contributed by atoms with Crippen molar-refractivity contribution in [3.05, 3.63) is 70.8 Å². The smallest absolute Gasteiger partial charge is 0.255 e. The van der Waals surface area contributed by atoms with Crippen molar-refractivity contribution in [1.29, 1.82) is 0 Å². The summed E-state index contributed by atoms with van der Waals surface area (Å²) in [5.41, 5.74) is 0.421. The average molecular weight is 388 g/mol. The number of rotatable bonds is 8. The number of aryl methyl sites for hydroxylation is 1. The average Bonchev–Trinajstić information content (AvgIpc) is 3.10. The van der Waals surface area contributed by atoms with Gasteiger partial charge in [0.2, 0.25) is 11.7 Å². The fraction of sp³-hybridized carbons (Fsp3) is 0.211. The minimum Gasteiger partial charge on any atom is -0.492 e. The van der Waals surface area contributed by atoms with E-state index in [0.717, 1.165) is 0 Å². The van der Waals surface area contributed by atoms with Crippen LogP contribution in [0.3, 0.4) is 0 Å². The van der Waals surface area contributed by atoms with Gasteiger partial charge in [0.15, 0.2) is 6.61 Å². The molecule has 0 saturated heterocycles. The first kappa shape index (κ1) is 18.7.